The van der Waals surface area contributed by atoms with E-state index in [9.17, 15) is 8.42 Å². The van der Waals surface area contributed by atoms with Crippen LogP contribution in [0.2, 0.25) is 0 Å². The summed E-state index contributed by atoms with van der Waals surface area (Å²) in [5.74, 6) is 0.721. The number of rotatable bonds is 7. The number of thiophene rings is 1. The molecule has 2 N–H and O–H groups in total. The molecule has 0 saturated carbocycles. The largest absolute Gasteiger partial charge is 0.355 e. The minimum Gasteiger partial charge on any atom is -0.355 e. The minimum atomic E-state index is -3.42. The fraction of sp³-hybridized carbons (Fsp3) is 0.353. The molecule has 0 spiro atoms. The van der Waals surface area contributed by atoms with Crippen molar-refractivity contribution in [3.05, 3.63) is 52.9 Å². The van der Waals surface area contributed by atoms with Crippen LogP contribution >= 0.6 is 35.3 Å². The maximum atomic E-state index is 12.1. The number of guanidine groups is 1. The average Bonchev–Trinajstić information content (AvgIpc) is 3.12. The van der Waals surface area contributed by atoms with Crippen LogP contribution < -0.4 is 10.0 Å². The Morgan fingerprint density at radius 3 is 2.54 bits per heavy atom. The molecule has 2 aromatic rings. The van der Waals surface area contributed by atoms with E-state index in [2.05, 4.69) is 34.1 Å². The molecule has 6 nitrogen and oxygen atoms in total. The van der Waals surface area contributed by atoms with Crippen LogP contribution in [0.3, 0.4) is 0 Å². The predicted octanol–water partition coefficient (Wildman–Crippen LogP) is 2.66. The van der Waals surface area contributed by atoms with Gasteiger partial charge in [-0.3, -0.25) is 4.99 Å². The Balaban J connectivity index is 0.00000338. The Kier molecular flexibility index (Phi) is 9.55. The smallest absolute Gasteiger partial charge is 0.250 e. The molecule has 1 heterocycles. The van der Waals surface area contributed by atoms with Crippen molar-refractivity contribution in [3.8, 4) is 0 Å². The molecule has 144 valence electrons. The van der Waals surface area contributed by atoms with Crippen LogP contribution in [0.1, 0.15) is 11.1 Å². The van der Waals surface area contributed by atoms with Gasteiger partial charge >= 0.3 is 0 Å². The summed E-state index contributed by atoms with van der Waals surface area (Å²) >= 11 is 1.20. The monoisotopic (exact) mass is 508 g/mol. The summed E-state index contributed by atoms with van der Waals surface area (Å²) in [6, 6.07) is 11.5. The third kappa shape index (κ3) is 6.53. The highest BCUT2D eigenvalue weighted by Gasteiger charge is 2.14. The SMILES string of the molecule is CN=C(NCCNS(=O)(=O)c1cccs1)N(C)Cc1ccccc1C.I. The van der Waals surface area contributed by atoms with Crippen LogP contribution in [0.15, 0.2) is 51.0 Å². The highest BCUT2D eigenvalue weighted by Crippen LogP contribution is 2.14. The van der Waals surface area contributed by atoms with Crippen LogP contribution in [0.25, 0.3) is 0 Å². The number of nitrogens with zero attached hydrogens (tertiary/aromatic N) is 2. The summed E-state index contributed by atoms with van der Waals surface area (Å²) in [5, 5.41) is 4.92. The van der Waals surface area contributed by atoms with Crippen molar-refractivity contribution < 1.29 is 8.42 Å². The van der Waals surface area contributed by atoms with Crippen LogP contribution in [0, 0.1) is 6.92 Å². The number of aryl methyl sites for hydroxylation is 1. The van der Waals surface area contributed by atoms with Crippen molar-refractivity contribution >= 4 is 51.3 Å². The fourth-order valence-corrected chi connectivity index (χ4v) is 4.42. The van der Waals surface area contributed by atoms with Gasteiger partial charge in [-0.05, 0) is 29.5 Å². The number of benzene rings is 1. The molecule has 0 amide bonds. The molecule has 9 heteroatoms. The van der Waals surface area contributed by atoms with Crippen LogP contribution in [-0.2, 0) is 16.6 Å². The second-order valence-electron chi connectivity index (χ2n) is 5.59. The molecule has 0 bridgehead atoms. The number of halogens is 1. The van der Waals surface area contributed by atoms with E-state index in [0.717, 1.165) is 12.5 Å². The molecule has 0 aliphatic carbocycles. The summed E-state index contributed by atoms with van der Waals surface area (Å²) in [7, 11) is 0.250. The Morgan fingerprint density at radius 2 is 1.92 bits per heavy atom. The number of hydrogen-bond acceptors (Lipinski definition) is 4. The first-order chi connectivity index (χ1) is 11.9. The molecule has 0 unspecified atom stereocenters. The Bertz CT molecular complexity index is 808. The second kappa shape index (κ2) is 10.9. The molecule has 26 heavy (non-hydrogen) atoms. The van der Waals surface area contributed by atoms with Gasteiger partial charge in [-0.2, -0.15) is 0 Å². The van der Waals surface area contributed by atoms with Crippen molar-refractivity contribution in [1.82, 2.24) is 14.9 Å². The van der Waals surface area contributed by atoms with Crippen molar-refractivity contribution in [2.24, 2.45) is 4.99 Å². The Morgan fingerprint density at radius 1 is 1.19 bits per heavy atom. The third-order valence-electron chi connectivity index (χ3n) is 3.70. The Hall–Kier alpha value is -1.17. The second-order valence-corrected chi connectivity index (χ2v) is 8.53. The average molecular weight is 508 g/mol. The summed E-state index contributed by atoms with van der Waals surface area (Å²) in [4.78, 5) is 6.26. The van der Waals surface area contributed by atoms with Crippen molar-refractivity contribution in [3.63, 3.8) is 0 Å². The van der Waals surface area contributed by atoms with Gasteiger partial charge in [-0.15, -0.1) is 35.3 Å². The standard InChI is InChI=1S/C17H24N4O2S2.HI/c1-14-7-4-5-8-15(14)13-21(3)17(18-2)19-10-11-20-25(22,23)16-9-6-12-24-16;/h4-9,12,20H,10-11,13H2,1-3H3,(H,18,19);1H. The lowest BCUT2D eigenvalue weighted by atomic mass is 10.1. The van der Waals surface area contributed by atoms with E-state index in [-0.39, 0.29) is 30.5 Å². The first-order valence-electron chi connectivity index (χ1n) is 7.93. The lowest BCUT2D eigenvalue weighted by Gasteiger charge is -2.23. The summed E-state index contributed by atoms with van der Waals surface area (Å²) < 4.78 is 27.0. The van der Waals surface area contributed by atoms with Gasteiger partial charge < -0.3 is 10.2 Å². The number of sulfonamides is 1. The zero-order valence-corrected chi connectivity index (χ0v) is 19.1. The first-order valence-corrected chi connectivity index (χ1v) is 10.3. The number of nitrogens with one attached hydrogen (secondary N) is 2. The van der Waals surface area contributed by atoms with Gasteiger partial charge in [-0.1, -0.05) is 30.3 Å². The minimum absolute atomic E-state index is 0. The quantitative estimate of drug-likeness (QED) is 0.261. The molecule has 2 rings (SSSR count). The van der Waals surface area contributed by atoms with Gasteiger partial charge in [0.2, 0.25) is 10.0 Å². The van der Waals surface area contributed by atoms with Crippen LogP contribution in [0.4, 0.5) is 0 Å². The van der Waals surface area contributed by atoms with Crippen LogP contribution in [0.5, 0.6) is 0 Å². The zero-order valence-electron chi connectivity index (χ0n) is 15.1. The molecule has 0 saturated heterocycles. The van der Waals surface area contributed by atoms with Gasteiger partial charge in [0.25, 0.3) is 0 Å². The van der Waals surface area contributed by atoms with Gasteiger partial charge in [0.15, 0.2) is 5.96 Å². The van der Waals surface area contributed by atoms with Crippen LogP contribution in [-0.4, -0.2) is 46.5 Å². The predicted molar refractivity (Wildman–Crippen MR) is 119 cm³/mol. The Labute approximate surface area is 176 Å². The van der Waals surface area contributed by atoms with Crippen molar-refractivity contribution in [1.29, 1.82) is 0 Å². The molecule has 1 aromatic carbocycles. The van der Waals surface area contributed by atoms with E-state index in [1.165, 1.54) is 22.5 Å². The highest BCUT2D eigenvalue weighted by molar-refractivity contribution is 14.0. The third-order valence-corrected chi connectivity index (χ3v) is 6.56. The topological polar surface area (TPSA) is 73.8 Å². The summed E-state index contributed by atoms with van der Waals surface area (Å²) in [6.07, 6.45) is 0. The van der Waals surface area contributed by atoms with Crippen molar-refractivity contribution in [2.75, 3.05) is 27.2 Å². The van der Waals surface area contributed by atoms with E-state index in [1.807, 2.05) is 24.1 Å². The lowest BCUT2D eigenvalue weighted by Crippen LogP contribution is -2.42. The zero-order chi connectivity index (χ0) is 18.3. The van der Waals surface area contributed by atoms with Gasteiger partial charge in [0.1, 0.15) is 4.21 Å². The molecular weight excluding hydrogens is 483 g/mol. The van der Waals surface area contributed by atoms with Gasteiger partial charge in [-0.25, -0.2) is 13.1 Å². The maximum Gasteiger partial charge on any atom is 0.250 e. The van der Waals surface area contributed by atoms with E-state index in [0.29, 0.717) is 10.8 Å². The molecule has 0 radical (unpaired) electrons. The van der Waals surface area contributed by atoms with Gasteiger partial charge in [0.05, 0.1) is 0 Å². The first kappa shape index (κ1) is 22.9. The van der Waals surface area contributed by atoms with E-state index >= 15 is 0 Å². The van der Waals surface area contributed by atoms with Crippen molar-refractivity contribution in [2.45, 2.75) is 17.7 Å². The lowest BCUT2D eigenvalue weighted by molar-refractivity contribution is 0.475. The van der Waals surface area contributed by atoms with Gasteiger partial charge in [0, 0.05) is 33.7 Å². The molecule has 0 aliphatic rings. The normalized spacial score (nSPS) is 11.7. The molecule has 0 aliphatic heterocycles. The molecule has 1 aromatic heterocycles. The highest BCUT2D eigenvalue weighted by atomic mass is 127. The van der Waals surface area contributed by atoms with E-state index in [1.54, 1.807) is 24.6 Å². The number of aliphatic imine (C=N–C) groups is 1. The molecular formula is C17H25IN4O2S2. The molecule has 0 atom stereocenters. The maximum absolute atomic E-state index is 12.1. The summed E-state index contributed by atoms with van der Waals surface area (Å²) in [5.41, 5.74) is 2.46. The van der Waals surface area contributed by atoms with E-state index < -0.39 is 10.0 Å². The van der Waals surface area contributed by atoms with E-state index in [4.69, 9.17) is 0 Å². The number of hydrogen-bond donors (Lipinski definition) is 2. The summed E-state index contributed by atoms with van der Waals surface area (Å²) in [6.45, 7) is 3.55. The fourth-order valence-electron chi connectivity index (χ4n) is 2.35. The molecule has 0 fully saturated rings.